The summed E-state index contributed by atoms with van der Waals surface area (Å²) in [4.78, 5) is 0. The molecule has 7 heteroatoms. The summed E-state index contributed by atoms with van der Waals surface area (Å²) < 4.78 is 84.0. The van der Waals surface area contributed by atoms with Crippen LogP contribution in [0.4, 0.5) is 22.0 Å². The molecule has 0 saturated heterocycles. The zero-order valence-electron chi connectivity index (χ0n) is 24.5. The van der Waals surface area contributed by atoms with Crippen LogP contribution in [0.5, 0.6) is 5.75 Å². The molecule has 0 atom stereocenters. The average Bonchev–Trinajstić information content (AvgIpc) is 2.96. The Bertz CT molecular complexity index is 1290. The van der Waals surface area contributed by atoms with Crippen molar-refractivity contribution >= 4 is 22.0 Å². The molecular weight excluding hydrogens is 626 g/mol. The van der Waals surface area contributed by atoms with Crippen molar-refractivity contribution in [2.24, 2.45) is 0 Å². The summed E-state index contributed by atoms with van der Waals surface area (Å²) in [5.41, 5.74) is 2.30. The van der Waals surface area contributed by atoms with Gasteiger partial charge in [-0.1, -0.05) is 0 Å². The van der Waals surface area contributed by atoms with Gasteiger partial charge in [-0.15, -0.1) is 0 Å². The number of hydrogen-bond donors (Lipinski definition) is 0. The third-order valence-corrected chi connectivity index (χ3v) is 24.2. The molecular formula is C33H41F5OSn. The van der Waals surface area contributed by atoms with E-state index in [4.69, 9.17) is 4.74 Å². The van der Waals surface area contributed by atoms with Crippen LogP contribution in [0.1, 0.15) is 70.4 Å². The Balaban J connectivity index is 2.54. The van der Waals surface area contributed by atoms with Crippen LogP contribution in [0, 0.1) is 42.9 Å². The molecule has 0 aliphatic carbocycles. The molecule has 0 aliphatic rings. The van der Waals surface area contributed by atoms with E-state index >= 15 is 8.78 Å². The first kappa shape index (κ1) is 32.4. The second kappa shape index (κ2) is 14.2. The molecule has 0 aliphatic heterocycles. The Hall–Kier alpha value is -2.09. The van der Waals surface area contributed by atoms with Gasteiger partial charge in [0.1, 0.15) is 0 Å². The summed E-state index contributed by atoms with van der Waals surface area (Å²) in [6.45, 7) is 10.6. The van der Waals surface area contributed by atoms with E-state index in [9.17, 15) is 13.2 Å². The maximum atomic E-state index is 15.3. The molecule has 218 valence electrons. The van der Waals surface area contributed by atoms with Crippen LogP contribution in [-0.2, 0) is 0 Å². The van der Waals surface area contributed by atoms with E-state index in [2.05, 4.69) is 33.8 Å². The van der Waals surface area contributed by atoms with Crippen molar-refractivity contribution in [2.75, 3.05) is 7.11 Å². The van der Waals surface area contributed by atoms with Gasteiger partial charge < -0.3 is 0 Å². The number of benzene rings is 3. The van der Waals surface area contributed by atoms with Crippen molar-refractivity contribution < 1.29 is 26.7 Å². The molecule has 40 heavy (non-hydrogen) atoms. The van der Waals surface area contributed by atoms with Gasteiger partial charge in [0.2, 0.25) is 0 Å². The molecule has 0 aromatic heterocycles. The summed E-state index contributed by atoms with van der Waals surface area (Å²) in [5, 5.41) is 0. The van der Waals surface area contributed by atoms with Crippen LogP contribution < -0.4 is 8.32 Å². The van der Waals surface area contributed by atoms with Crippen LogP contribution in [0.25, 0.3) is 22.3 Å². The fourth-order valence-corrected chi connectivity index (χ4v) is 24.3. The van der Waals surface area contributed by atoms with Crippen LogP contribution in [0.3, 0.4) is 0 Å². The van der Waals surface area contributed by atoms with E-state index < -0.39 is 53.0 Å². The van der Waals surface area contributed by atoms with Crippen molar-refractivity contribution in [3.63, 3.8) is 0 Å². The molecule has 3 aromatic rings. The van der Waals surface area contributed by atoms with Gasteiger partial charge >= 0.3 is 241 Å². The number of ether oxygens (including phenoxy) is 1. The SMILES string of the molecule is CCC[CH2][Sn]([CH2]CCC)([CH2]CCC)[c]1c(C)ccc(C)c1-c1c(OC)cccc1-c1c(F)c(F)c(F)c(F)c1F. The molecule has 0 amide bonds. The average molecular weight is 667 g/mol. The number of rotatable bonds is 13. The van der Waals surface area contributed by atoms with Crippen LogP contribution in [-0.4, -0.2) is 25.5 Å². The summed E-state index contributed by atoms with van der Waals surface area (Å²) in [7, 11) is 1.47. The Morgan fingerprint density at radius 1 is 0.600 bits per heavy atom. The summed E-state index contributed by atoms with van der Waals surface area (Å²) >= 11 is -3.22. The van der Waals surface area contributed by atoms with E-state index in [0.717, 1.165) is 68.5 Å². The van der Waals surface area contributed by atoms with Crippen LogP contribution in [0.2, 0.25) is 13.3 Å². The van der Waals surface area contributed by atoms with E-state index in [0.29, 0.717) is 11.3 Å². The first-order chi connectivity index (χ1) is 19.1. The number of unbranched alkanes of at least 4 members (excludes halogenated alkanes) is 3. The minimum absolute atomic E-state index is 0.0521. The van der Waals surface area contributed by atoms with Gasteiger partial charge in [-0.2, -0.15) is 0 Å². The Kier molecular flexibility index (Phi) is 11.5. The Morgan fingerprint density at radius 2 is 1.07 bits per heavy atom. The van der Waals surface area contributed by atoms with Gasteiger partial charge in [0, 0.05) is 0 Å². The van der Waals surface area contributed by atoms with Gasteiger partial charge in [0.25, 0.3) is 0 Å². The molecule has 0 saturated carbocycles. The second-order valence-electron chi connectivity index (χ2n) is 10.9. The molecule has 0 fully saturated rings. The monoisotopic (exact) mass is 668 g/mol. The number of halogens is 5. The van der Waals surface area contributed by atoms with Crippen molar-refractivity contribution in [3.8, 4) is 28.0 Å². The van der Waals surface area contributed by atoms with Crippen molar-refractivity contribution in [3.05, 3.63) is 70.5 Å². The molecule has 0 spiro atoms. The minimum atomic E-state index is -3.22. The maximum absolute atomic E-state index is 15.3. The first-order valence-corrected chi connectivity index (χ1v) is 21.9. The third-order valence-electron chi connectivity index (χ3n) is 8.15. The molecule has 3 rings (SSSR count). The summed E-state index contributed by atoms with van der Waals surface area (Å²) in [5.74, 6) is -9.40. The predicted octanol–water partition coefficient (Wildman–Crippen LogP) is 10.4. The van der Waals surface area contributed by atoms with Crippen molar-refractivity contribution in [1.29, 1.82) is 0 Å². The van der Waals surface area contributed by atoms with E-state index in [-0.39, 0.29) is 5.56 Å². The topological polar surface area (TPSA) is 9.23 Å². The normalized spacial score (nSPS) is 11.8. The van der Waals surface area contributed by atoms with Gasteiger partial charge in [0.05, 0.1) is 0 Å². The quantitative estimate of drug-likeness (QED) is 0.0763. The zero-order valence-corrected chi connectivity index (χ0v) is 27.4. The van der Waals surface area contributed by atoms with Gasteiger partial charge in [-0.3, -0.25) is 0 Å². The summed E-state index contributed by atoms with van der Waals surface area (Å²) in [6.07, 6.45) is 6.52. The number of methoxy groups -OCH3 is 1. The van der Waals surface area contributed by atoms with Gasteiger partial charge in [-0.25, -0.2) is 0 Å². The molecule has 0 N–H and O–H groups in total. The third kappa shape index (κ3) is 6.22. The van der Waals surface area contributed by atoms with Crippen molar-refractivity contribution in [1.82, 2.24) is 0 Å². The molecule has 0 heterocycles. The molecule has 3 aromatic carbocycles. The Labute approximate surface area is 240 Å². The Morgan fingerprint density at radius 3 is 1.55 bits per heavy atom. The second-order valence-corrected chi connectivity index (χ2v) is 23.9. The fraction of sp³-hybridized carbons (Fsp3) is 0.455. The molecule has 0 unspecified atom stereocenters. The summed E-state index contributed by atoms with van der Waals surface area (Å²) in [6, 6.07) is 8.76. The van der Waals surface area contributed by atoms with E-state index in [1.165, 1.54) is 22.8 Å². The zero-order chi connectivity index (χ0) is 29.6. The van der Waals surface area contributed by atoms with Crippen LogP contribution in [0.15, 0.2) is 30.3 Å². The van der Waals surface area contributed by atoms with Gasteiger partial charge in [-0.05, 0) is 0 Å². The van der Waals surface area contributed by atoms with E-state index in [1.807, 2.05) is 13.0 Å². The predicted molar refractivity (Wildman–Crippen MR) is 158 cm³/mol. The van der Waals surface area contributed by atoms with Gasteiger partial charge in [0.15, 0.2) is 0 Å². The standard InChI is InChI=1S/C21H14F5O.3C4H9.Sn/c1-10-7-8-11(2)13(9-10)15-12(5-4-6-14(15)27-3)16-17(22)19(24)21(26)20(25)18(16)23;3*1-3-4-2;/h4-8H,1-3H3;3*1,3-4H2,2H3;. The fourth-order valence-electron chi connectivity index (χ4n) is 6.12. The molecule has 0 bridgehead atoms. The number of hydrogen-bond acceptors (Lipinski definition) is 1. The first-order valence-electron chi connectivity index (χ1n) is 14.4. The number of aryl methyl sites for hydroxylation is 2. The van der Waals surface area contributed by atoms with Crippen LogP contribution >= 0.6 is 0 Å². The molecule has 0 radical (unpaired) electrons. The molecule has 1 nitrogen and oxygen atoms in total. The van der Waals surface area contributed by atoms with E-state index in [1.54, 1.807) is 6.07 Å². The van der Waals surface area contributed by atoms with Crippen molar-refractivity contribution in [2.45, 2.75) is 86.5 Å².